The van der Waals surface area contributed by atoms with Crippen molar-refractivity contribution in [2.75, 3.05) is 18.0 Å². The van der Waals surface area contributed by atoms with E-state index in [4.69, 9.17) is 5.73 Å². The molecule has 4 heteroatoms. The Morgan fingerprint density at radius 3 is 2.57 bits per heavy atom. The molecular formula is C17H18BrN3. The smallest absolute Gasteiger partial charge is 0.101 e. The van der Waals surface area contributed by atoms with Crippen LogP contribution in [0.1, 0.15) is 17.5 Å². The van der Waals surface area contributed by atoms with E-state index in [9.17, 15) is 5.26 Å². The minimum absolute atomic E-state index is 0.643. The molecule has 0 unspecified atom stereocenters. The molecule has 0 saturated heterocycles. The van der Waals surface area contributed by atoms with Gasteiger partial charge >= 0.3 is 0 Å². The van der Waals surface area contributed by atoms with E-state index in [1.807, 2.05) is 36.4 Å². The van der Waals surface area contributed by atoms with Crippen LogP contribution in [0.4, 0.5) is 5.69 Å². The summed E-state index contributed by atoms with van der Waals surface area (Å²) in [5, 5.41) is 9.36. The number of benzene rings is 2. The molecule has 0 bridgehead atoms. The molecule has 0 saturated carbocycles. The van der Waals surface area contributed by atoms with Crippen molar-refractivity contribution < 1.29 is 0 Å². The number of hydrogen-bond donors (Lipinski definition) is 1. The average molecular weight is 344 g/mol. The second-order valence-corrected chi connectivity index (χ2v) is 5.74. The van der Waals surface area contributed by atoms with Gasteiger partial charge in [0, 0.05) is 17.6 Å². The standard InChI is InChI=1S/C17H18BrN3/c18-16-7-8-17(15(11-16)12-20)21(10-4-9-19)13-14-5-2-1-3-6-14/h1-3,5-8,11H,4,9-10,13,19H2. The zero-order chi connectivity index (χ0) is 15.1. The maximum Gasteiger partial charge on any atom is 0.101 e. The third-order valence-electron chi connectivity index (χ3n) is 3.27. The van der Waals surface area contributed by atoms with E-state index in [2.05, 4.69) is 39.0 Å². The number of rotatable bonds is 6. The molecule has 2 aromatic carbocycles. The van der Waals surface area contributed by atoms with Crippen molar-refractivity contribution in [3.05, 3.63) is 64.1 Å². The average Bonchev–Trinajstić information content (AvgIpc) is 2.52. The quantitative estimate of drug-likeness (QED) is 0.870. The molecule has 2 N–H and O–H groups in total. The first-order valence-corrected chi connectivity index (χ1v) is 7.72. The molecule has 0 amide bonds. The van der Waals surface area contributed by atoms with Crippen molar-refractivity contribution in [3.63, 3.8) is 0 Å². The zero-order valence-electron chi connectivity index (χ0n) is 11.8. The lowest BCUT2D eigenvalue weighted by atomic mass is 10.1. The lowest BCUT2D eigenvalue weighted by Gasteiger charge is -2.26. The molecule has 0 aromatic heterocycles. The van der Waals surface area contributed by atoms with Crippen LogP contribution >= 0.6 is 15.9 Å². The Morgan fingerprint density at radius 2 is 1.90 bits per heavy atom. The van der Waals surface area contributed by atoms with E-state index in [-0.39, 0.29) is 0 Å². The number of halogens is 1. The second kappa shape index (κ2) is 7.82. The summed E-state index contributed by atoms with van der Waals surface area (Å²) in [6.45, 7) is 2.25. The van der Waals surface area contributed by atoms with Gasteiger partial charge < -0.3 is 10.6 Å². The van der Waals surface area contributed by atoms with Crippen molar-refractivity contribution in [2.24, 2.45) is 5.73 Å². The predicted octanol–water partition coefficient (Wildman–Crippen LogP) is 3.68. The molecule has 0 heterocycles. The Balaban J connectivity index is 2.29. The highest BCUT2D eigenvalue weighted by atomic mass is 79.9. The minimum atomic E-state index is 0.643. The summed E-state index contributed by atoms with van der Waals surface area (Å²) < 4.78 is 0.918. The Bertz CT molecular complexity index is 620. The summed E-state index contributed by atoms with van der Waals surface area (Å²) in [6.07, 6.45) is 0.897. The van der Waals surface area contributed by atoms with Crippen LogP contribution in [0.15, 0.2) is 53.0 Å². The Morgan fingerprint density at radius 1 is 1.14 bits per heavy atom. The molecule has 0 spiro atoms. The van der Waals surface area contributed by atoms with Crippen LogP contribution in [0.25, 0.3) is 0 Å². The van der Waals surface area contributed by atoms with Crippen molar-refractivity contribution in [1.82, 2.24) is 0 Å². The van der Waals surface area contributed by atoms with Gasteiger partial charge in [0.15, 0.2) is 0 Å². The van der Waals surface area contributed by atoms with Crippen LogP contribution < -0.4 is 10.6 Å². The Kier molecular flexibility index (Phi) is 5.79. The lowest BCUT2D eigenvalue weighted by Crippen LogP contribution is -2.26. The zero-order valence-corrected chi connectivity index (χ0v) is 13.4. The van der Waals surface area contributed by atoms with Gasteiger partial charge in [-0.25, -0.2) is 0 Å². The van der Waals surface area contributed by atoms with Gasteiger partial charge in [-0.05, 0) is 36.7 Å². The number of nitrogens with two attached hydrogens (primary N) is 1. The normalized spacial score (nSPS) is 10.1. The molecule has 3 nitrogen and oxygen atoms in total. The maximum atomic E-state index is 9.36. The van der Waals surface area contributed by atoms with Crippen molar-refractivity contribution in [1.29, 1.82) is 5.26 Å². The van der Waals surface area contributed by atoms with Crippen LogP contribution in [0.5, 0.6) is 0 Å². The van der Waals surface area contributed by atoms with Crippen LogP contribution in [-0.2, 0) is 6.54 Å². The second-order valence-electron chi connectivity index (χ2n) is 4.82. The van der Waals surface area contributed by atoms with Gasteiger partial charge in [-0.2, -0.15) is 5.26 Å². The highest BCUT2D eigenvalue weighted by Gasteiger charge is 2.12. The first-order chi connectivity index (χ1) is 10.2. The fourth-order valence-electron chi connectivity index (χ4n) is 2.24. The highest BCUT2D eigenvalue weighted by Crippen LogP contribution is 2.25. The van der Waals surface area contributed by atoms with Gasteiger partial charge in [0.2, 0.25) is 0 Å². The lowest BCUT2D eigenvalue weighted by molar-refractivity contribution is 0.735. The Labute approximate surface area is 134 Å². The molecular weight excluding hydrogens is 326 g/mol. The van der Waals surface area contributed by atoms with Crippen molar-refractivity contribution >= 4 is 21.6 Å². The highest BCUT2D eigenvalue weighted by molar-refractivity contribution is 9.10. The van der Waals surface area contributed by atoms with Crippen molar-refractivity contribution in [3.8, 4) is 6.07 Å². The predicted molar refractivity (Wildman–Crippen MR) is 90.0 cm³/mol. The molecule has 108 valence electrons. The molecule has 0 fully saturated rings. The van der Waals surface area contributed by atoms with Gasteiger partial charge in [0.25, 0.3) is 0 Å². The van der Waals surface area contributed by atoms with Crippen LogP contribution in [0, 0.1) is 11.3 Å². The van der Waals surface area contributed by atoms with Gasteiger partial charge in [0.05, 0.1) is 11.3 Å². The molecule has 0 aliphatic rings. The topological polar surface area (TPSA) is 53.0 Å². The van der Waals surface area contributed by atoms with Crippen LogP contribution in [0.3, 0.4) is 0 Å². The van der Waals surface area contributed by atoms with Gasteiger partial charge in [0.1, 0.15) is 6.07 Å². The van der Waals surface area contributed by atoms with E-state index >= 15 is 0 Å². The van der Waals surface area contributed by atoms with Gasteiger partial charge in [-0.15, -0.1) is 0 Å². The number of anilines is 1. The molecule has 0 aliphatic carbocycles. The molecule has 2 aromatic rings. The summed E-state index contributed by atoms with van der Waals surface area (Å²) in [5.41, 5.74) is 8.50. The summed E-state index contributed by atoms with van der Waals surface area (Å²) >= 11 is 3.42. The number of nitriles is 1. The largest absolute Gasteiger partial charge is 0.366 e. The summed E-state index contributed by atoms with van der Waals surface area (Å²) in [4.78, 5) is 2.22. The monoisotopic (exact) mass is 343 g/mol. The van der Waals surface area contributed by atoms with E-state index in [1.54, 1.807) is 0 Å². The number of hydrogen-bond acceptors (Lipinski definition) is 3. The van der Waals surface area contributed by atoms with E-state index in [1.165, 1.54) is 5.56 Å². The van der Waals surface area contributed by atoms with Gasteiger partial charge in [-0.3, -0.25) is 0 Å². The first-order valence-electron chi connectivity index (χ1n) is 6.93. The number of nitrogens with zero attached hydrogens (tertiary/aromatic N) is 2. The molecule has 0 atom stereocenters. The molecule has 0 radical (unpaired) electrons. The van der Waals surface area contributed by atoms with Crippen LogP contribution in [0.2, 0.25) is 0 Å². The van der Waals surface area contributed by atoms with Crippen molar-refractivity contribution in [2.45, 2.75) is 13.0 Å². The Hall–Kier alpha value is -1.83. The fourth-order valence-corrected chi connectivity index (χ4v) is 2.61. The minimum Gasteiger partial charge on any atom is -0.366 e. The van der Waals surface area contributed by atoms with Crippen LogP contribution in [-0.4, -0.2) is 13.1 Å². The van der Waals surface area contributed by atoms with E-state index in [0.717, 1.165) is 29.7 Å². The SMILES string of the molecule is N#Cc1cc(Br)ccc1N(CCCN)Cc1ccccc1. The molecule has 21 heavy (non-hydrogen) atoms. The molecule has 2 rings (SSSR count). The third kappa shape index (κ3) is 4.32. The maximum absolute atomic E-state index is 9.36. The first kappa shape index (κ1) is 15.6. The van der Waals surface area contributed by atoms with E-state index in [0.29, 0.717) is 12.1 Å². The fraction of sp³-hybridized carbons (Fsp3) is 0.235. The third-order valence-corrected chi connectivity index (χ3v) is 3.76. The van der Waals surface area contributed by atoms with Gasteiger partial charge in [-0.1, -0.05) is 46.3 Å². The molecule has 0 aliphatic heterocycles. The summed E-state index contributed by atoms with van der Waals surface area (Å²) in [6, 6.07) is 18.4. The summed E-state index contributed by atoms with van der Waals surface area (Å²) in [7, 11) is 0. The van der Waals surface area contributed by atoms with E-state index < -0.39 is 0 Å². The summed E-state index contributed by atoms with van der Waals surface area (Å²) in [5.74, 6) is 0.